The van der Waals surface area contributed by atoms with Crippen LogP contribution in [0.25, 0.3) is 5.57 Å². The van der Waals surface area contributed by atoms with E-state index in [0.717, 1.165) is 44.1 Å². The summed E-state index contributed by atoms with van der Waals surface area (Å²) in [6.45, 7) is -0.131. The van der Waals surface area contributed by atoms with Gasteiger partial charge in [0.2, 0.25) is 0 Å². The number of hydrogen-bond acceptors (Lipinski definition) is 3. The second kappa shape index (κ2) is 9.00. The van der Waals surface area contributed by atoms with Crippen molar-refractivity contribution >= 4 is 11.6 Å². The molecule has 1 aliphatic heterocycles. The van der Waals surface area contributed by atoms with Gasteiger partial charge in [-0.25, -0.2) is 4.79 Å². The van der Waals surface area contributed by atoms with E-state index in [2.05, 4.69) is 41.7 Å². The number of benzene rings is 1. The zero-order valence-corrected chi connectivity index (χ0v) is 17.0. The van der Waals surface area contributed by atoms with Crippen LogP contribution in [0.1, 0.15) is 74.8 Å². The van der Waals surface area contributed by atoms with Crippen LogP contribution in [0.5, 0.6) is 0 Å². The molecule has 0 radical (unpaired) electrons. The number of allylic oxidation sites excluding steroid dienone is 2. The number of urea groups is 1. The van der Waals surface area contributed by atoms with E-state index in [4.69, 9.17) is 0 Å². The van der Waals surface area contributed by atoms with Crippen LogP contribution in [0.4, 0.5) is 4.79 Å². The number of nitriles is 1. The van der Waals surface area contributed by atoms with E-state index in [1.165, 1.54) is 30.4 Å². The third kappa shape index (κ3) is 4.04. The van der Waals surface area contributed by atoms with Crippen molar-refractivity contribution in [3.63, 3.8) is 0 Å². The first-order valence-electron chi connectivity index (χ1n) is 11.1. The third-order valence-corrected chi connectivity index (χ3v) is 6.86. The van der Waals surface area contributed by atoms with E-state index in [0.29, 0.717) is 0 Å². The monoisotopic (exact) mass is 393 g/mol. The summed E-state index contributed by atoms with van der Waals surface area (Å²) in [5, 5.41) is 22.8. The van der Waals surface area contributed by atoms with Gasteiger partial charge in [-0.05, 0) is 55.2 Å². The number of rotatable bonds is 4. The molecule has 2 amide bonds. The van der Waals surface area contributed by atoms with E-state index in [9.17, 15) is 15.2 Å². The van der Waals surface area contributed by atoms with Crippen molar-refractivity contribution in [1.82, 2.24) is 10.2 Å². The maximum Gasteiger partial charge on any atom is 0.319 e. The Hall–Kier alpha value is -2.32. The van der Waals surface area contributed by atoms with Crippen LogP contribution in [0.15, 0.2) is 30.3 Å². The minimum absolute atomic E-state index is 0.131. The van der Waals surface area contributed by atoms with Gasteiger partial charge >= 0.3 is 6.03 Å². The standard InChI is InChI=1S/C24H31N3O2/c25-15-21-23(19-13-11-18(12-14-19)17-7-3-1-4-8-17)22(16-28)27(21)24(29)26-20-9-5-2-6-10-20/h7,11-14,20-23,28H,1-6,8-10,16H2,(H,26,29)/t21-,22+,23+/m0/s1. The predicted octanol–water partition coefficient (Wildman–Crippen LogP) is 4.34. The SMILES string of the molecule is N#C[C@H]1[C@@H](c2ccc(C3=CCCCC3)cc2)[C@@H](CO)N1C(=O)NC1CCCCC1. The maximum absolute atomic E-state index is 12.8. The molecule has 3 atom stereocenters. The Kier molecular flexibility index (Phi) is 6.20. The van der Waals surface area contributed by atoms with E-state index >= 15 is 0 Å². The van der Waals surface area contributed by atoms with Crippen LogP contribution >= 0.6 is 0 Å². The van der Waals surface area contributed by atoms with Gasteiger partial charge in [-0.1, -0.05) is 49.6 Å². The number of likely N-dealkylation sites (tertiary alicyclic amines) is 1. The molecule has 0 aromatic heterocycles. The summed E-state index contributed by atoms with van der Waals surface area (Å²) in [4.78, 5) is 14.4. The first-order valence-corrected chi connectivity index (χ1v) is 11.1. The van der Waals surface area contributed by atoms with Gasteiger partial charge in [0.1, 0.15) is 6.04 Å². The number of amides is 2. The molecule has 1 aromatic carbocycles. The fraction of sp³-hybridized carbons (Fsp3) is 0.583. The van der Waals surface area contributed by atoms with Crippen LogP contribution in [0, 0.1) is 11.3 Å². The zero-order chi connectivity index (χ0) is 20.2. The van der Waals surface area contributed by atoms with Crippen LogP contribution in [-0.2, 0) is 0 Å². The summed E-state index contributed by atoms with van der Waals surface area (Å²) in [6, 6.07) is 9.80. The number of carbonyl (C=O) groups is 1. The number of nitrogens with one attached hydrogen (secondary N) is 1. The second-order valence-corrected chi connectivity index (χ2v) is 8.64. The quantitative estimate of drug-likeness (QED) is 0.799. The fourth-order valence-corrected chi connectivity index (χ4v) is 5.20. The highest BCUT2D eigenvalue weighted by Gasteiger charge is 2.52. The Morgan fingerprint density at radius 3 is 2.52 bits per heavy atom. The highest BCUT2D eigenvalue weighted by molar-refractivity contribution is 5.78. The summed E-state index contributed by atoms with van der Waals surface area (Å²) < 4.78 is 0. The maximum atomic E-state index is 12.8. The molecule has 1 saturated heterocycles. The van der Waals surface area contributed by atoms with Crippen molar-refractivity contribution in [3.05, 3.63) is 41.5 Å². The van der Waals surface area contributed by atoms with Crippen molar-refractivity contribution in [3.8, 4) is 6.07 Å². The lowest BCUT2D eigenvalue weighted by atomic mass is 9.75. The largest absolute Gasteiger partial charge is 0.394 e. The normalized spacial score (nSPS) is 27.5. The van der Waals surface area contributed by atoms with Crippen LogP contribution in [0.2, 0.25) is 0 Å². The van der Waals surface area contributed by atoms with Crippen LogP contribution < -0.4 is 5.32 Å². The van der Waals surface area contributed by atoms with Crippen molar-refractivity contribution in [2.75, 3.05) is 6.61 Å². The topological polar surface area (TPSA) is 76.4 Å². The van der Waals surface area contributed by atoms with Crippen molar-refractivity contribution < 1.29 is 9.90 Å². The molecule has 5 nitrogen and oxygen atoms in total. The predicted molar refractivity (Wildman–Crippen MR) is 113 cm³/mol. The van der Waals surface area contributed by atoms with Gasteiger partial charge in [-0.15, -0.1) is 0 Å². The smallest absolute Gasteiger partial charge is 0.319 e. The first kappa shape index (κ1) is 20.0. The Labute approximate surface area is 173 Å². The van der Waals surface area contributed by atoms with Crippen LogP contribution in [-0.4, -0.2) is 40.8 Å². The summed E-state index contributed by atoms with van der Waals surface area (Å²) in [5.41, 5.74) is 3.67. The molecule has 0 unspecified atom stereocenters. The number of hydrogen-bond donors (Lipinski definition) is 2. The van der Waals surface area contributed by atoms with E-state index < -0.39 is 6.04 Å². The number of carbonyl (C=O) groups excluding carboxylic acids is 1. The molecule has 5 heteroatoms. The molecule has 4 rings (SSSR count). The van der Waals surface area contributed by atoms with E-state index in [1.807, 2.05) is 0 Å². The van der Waals surface area contributed by atoms with Crippen molar-refractivity contribution in [2.24, 2.45) is 0 Å². The van der Waals surface area contributed by atoms with E-state index in [1.54, 1.807) is 4.90 Å². The lowest BCUT2D eigenvalue weighted by molar-refractivity contribution is 0.0153. The molecular formula is C24H31N3O2. The van der Waals surface area contributed by atoms with Gasteiger partial charge in [0, 0.05) is 12.0 Å². The average molecular weight is 394 g/mol. The van der Waals surface area contributed by atoms with Gasteiger partial charge in [0.05, 0.1) is 18.7 Å². The minimum Gasteiger partial charge on any atom is -0.394 e. The highest BCUT2D eigenvalue weighted by Crippen LogP contribution is 2.41. The number of aliphatic hydroxyl groups excluding tert-OH is 1. The number of aliphatic hydroxyl groups is 1. The second-order valence-electron chi connectivity index (χ2n) is 8.64. The molecule has 29 heavy (non-hydrogen) atoms. The molecule has 0 bridgehead atoms. The van der Waals surface area contributed by atoms with Crippen molar-refractivity contribution in [2.45, 2.75) is 81.8 Å². The first-order chi connectivity index (χ1) is 14.2. The molecule has 2 aliphatic carbocycles. The Bertz CT molecular complexity index is 789. The summed E-state index contributed by atoms with van der Waals surface area (Å²) >= 11 is 0. The van der Waals surface area contributed by atoms with Crippen molar-refractivity contribution in [1.29, 1.82) is 5.26 Å². The molecule has 2 N–H and O–H groups in total. The Balaban J connectivity index is 1.47. The average Bonchev–Trinajstić information content (AvgIpc) is 2.75. The lowest BCUT2D eigenvalue weighted by Gasteiger charge is -2.51. The molecule has 1 saturated carbocycles. The van der Waals surface area contributed by atoms with Crippen LogP contribution in [0.3, 0.4) is 0 Å². The molecule has 0 spiro atoms. The van der Waals surface area contributed by atoms with Gasteiger partial charge < -0.3 is 15.3 Å². The molecule has 154 valence electrons. The Morgan fingerprint density at radius 2 is 1.90 bits per heavy atom. The van der Waals surface area contributed by atoms with Gasteiger partial charge in [0.15, 0.2) is 0 Å². The Morgan fingerprint density at radius 1 is 1.14 bits per heavy atom. The highest BCUT2D eigenvalue weighted by atomic mass is 16.3. The lowest BCUT2D eigenvalue weighted by Crippen LogP contribution is -2.67. The fourth-order valence-electron chi connectivity index (χ4n) is 5.20. The minimum atomic E-state index is -0.532. The molecule has 2 fully saturated rings. The van der Waals surface area contributed by atoms with Gasteiger partial charge in [-0.2, -0.15) is 5.26 Å². The number of nitrogens with zero attached hydrogens (tertiary/aromatic N) is 2. The molecule has 1 heterocycles. The zero-order valence-electron chi connectivity index (χ0n) is 17.0. The summed E-state index contributed by atoms with van der Waals surface area (Å²) in [6.07, 6.45) is 12.6. The van der Waals surface area contributed by atoms with E-state index in [-0.39, 0.29) is 30.6 Å². The molecule has 1 aromatic rings. The summed E-state index contributed by atoms with van der Waals surface area (Å²) in [5.74, 6) is -0.142. The molecule has 3 aliphatic rings. The molecular weight excluding hydrogens is 362 g/mol. The van der Waals surface area contributed by atoms with Gasteiger partial charge in [0.25, 0.3) is 0 Å². The van der Waals surface area contributed by atoms with Gasteiger partial charge in [-0.3, -0.25) is 0 Å². The summed E-state index contributed by atoms with van der Waals surface area (Å²) in [7, 11) is 0. The third-order valence-electron chi connectivity index (χ3n) is 6.86.